The summed E-state index contributed by atoms with van der Waals surface area (Å²) in [6.45, 7) is 0. The highest BCUT2D eigenvalue weighted by molar-refractivity contribution is 7.18. The minimum atomic E-state index is -0.139. The third-order valence-corrected chi connectivity index (χ3v) is 2.50. The average Bonchev–Trinajstić information content (AvgIpc) is 2.53. The fraction of sp³-hybridized carbons (Fsp3) is 0. The predicted molar refractivity (Wildman–Crippen MR) is 51.0 cm³/mol. The SMILES string of the molecule is O=c1ccc(-c2nnc(Cl)s2)c[nH]1. The molecule has 2 aromatic heterocycles. The van der Waals surface area contributed by atoms with Crippen LogP contribution in [0.5, 0.6) is 0 Å². The summed E-state index contributed by atoms with van der Waals surface area (Å²) in [5.41, 5.74) is 0.670. The zero-order valence-electron chi connectivity index (χ0n) is 6.32. The second-order valence-electron chi connectivity index (χ2n) is 2.30. The van der Waals surface area contributed by atoms with Gasteiger partial charge in [0.05, 0.1) is 0 Å². The Morgan fingerprint density at radius 3 is 2.77 bits per heavy atom. The first kappa shape index (κ1) is 8.40. The molecule has 2 aromatic rings. The lowest BCUT2D eigenvalue weighted by molar-refractivity contribution is 1.09. The Labute approximate surface area is 82.2 Å². The van der Waals surface area contributed by atoms with Gasteiger partial charge in [0.1, 0.15) is 5.01 Å². The number of rotatable bonds is 1. The molecule has 0 radical (unpaired) electrons. The van der Waals surface area contributed by atoms with Crippen molar-refractivity contribution in [3.8, 4) is 10.6 Å². The molecule has 0 saturated carbocycles. The molecule has 13 heavy (non-hydrogen) atoms. The summed E-state index contributed by atoms with van der Waals surface area (Å²) in [5, 5.41) is 8.18. The lowest BCUT2D eigenvalue weighted by atomic mass is 10.3. The van der Waals surface area contributed by atoms with Crippen molar-refractivity contribution >= 4 is 22.9 Å². The Morgan fingerprint density at radius 1 is 1.38 bits per heavy atom. The Morgan fingerprint density at radius 2 is 2.23 bits per heavy atom. The van der Waals surface area contributed by atoms with Gasteiger partial charge in [0.25, 0.3) is 0 Å². The van der Waals surface area contributed by atoms with E-state index in [0.717, 1.165) is 5.56 Å². The Balaban J connectivity index is 2.47. The minimum Gasteiger partial charge on any atom is -0.328 e. The number of pyridine rings is 1. The van der Waals surface area contributed by atoms with E-state index < -0.39 is 0 Å². The lowest BCUT2D eigenvalue weighted by Gasteiger charge is -1.90. The first-order chi connectivity index (χ1) is 6.25. The van der Waals surface area contributed by atoms with Gasteiger partial charge in [0.2, 0.25) is 10.0 Å². The number of hydrogen-bond acceptors (Lipinski definition) is 4. The number of nitrogens with one attached hydrogen (secondary N) is 1. The van der Waals surface area contributed by atoms with Gasteiger partial charge < -0.3 is 4.98 Å². The molecule has 1 N–H and O–H groups in total. The van der Waals surface area contributed by atoms with E-state index in [9.17, 15) is 4.79 Å². The van der Waals surface area contributed by atoms with Crippen molar-refractivity contribution < 1.29 is 0 Å². The molecule has 0 aliphatic heterocycles. The molecule has 0 fully saturated rings. The van der Waals surface area contributed by atoms with Crippen LogP contribution in [0.2, 0.25) is 4.47 Å². The van der Waals surface area contributed by atoms with E-state index in [1.54, 1.807) is 12.3 Å². The summed E-state index contributed by atoms with van der Waals surface area (Å²) < 4.78 is 0.390. The predicted octanol–water partition coefficient (Wildman–Crippen LogP) is 1.55. The van der Waals surface area contributed by atoms with Crippen LogP contribution < -0.4 is 5.56 Å². The monoisotopic (exact) mass is 213 g/mol. The van der Waals surface area contributed by atoms with Gasteiger partial charge >= 0.3 is 0 Å². The van der Waals surface area contributed by atoms with Crippen LogP contribution in [-0.4, -0.2) is 15.2 Å². The van der Waals surface area contributed by atoms with Gasteiger partial charge in [0.15, 0.2) is 0 Å². The standard InChI is InChI=1S/C7H4ClN3OS/c8-7-11-10-6(13-7)4-1-2-5(12)9-3-4/h1-3H,(H,9,12). The second kappa shape index (κ2) is 3.27. The van der Waals surface area contributed by atoms with Gasteiger partial charge in [-0.05, 0) is 17.7 Å². The second-order valence-corrected chi connectivity index (χ2v) is 3.86. The van der Waals surface area contributed by atoms with Crippen LogP contribution in [0.1, 0.15) is 0 Å². The zero-order chi connectivity index (χ0) is 9.26. The normalized spacial score (nSPS) is 10.2. The maximum absolute atomic E-state index is 10.7. The molecule has 6 heteroatoms. The topological polar surface area (TPSA) is 58.6 Å². The van der Waals surface area contributed by atoms with Crippen LogP contribution in [0.3, 0.4) is 0 Å². The summed E-state index contributed by atoms with van der Waals surface area (Å²) >= 11 is 6.88. The van der Waals surface area contributed by atoms with Gasteiger partial charge in [-0.15, -0.1) is 10.2 Å². The fourth-order valence-corrected chi connectivity index (χ4v) is 1.69. The maximum atomic E-state index is 10.7. The Bertz CT molecular complexity index is 458. The van der Waals surface area contributed by atoms with Crippen molar-refractivity contribution in [1.29, 1.82) is 0 Å². The van der Waals surface area contributed by atoms with Crippen molar-refractivity contribution in [2.24, 2.45) is 0 Å². The molecule has 0 spiro atoms. The number of aromatic nitrogens is 3. The third-order valence-electron chi connectivity index (χ3n) is 1.43. The van der Waals surface area contributed by atoms with Gasteiger partial charge in [0, 0.05) is 17.8 Å². The van der Waals surface area contributed by atoms with Crippen LogP contribution >= 0.6 is 22.9 Å². The van der Waals surface area contributed by atoms with E-state index >= 15 is 0 Å². The molecule has 0 aliphatic rings. The van der Waals surface area contributed by atoms with Crippen LogP contribution in [0.15, 0.2) is 23.1 Å². The highest BCUT2D eigenvalue weighted by atomic mass is 35.5. The summed E-state index contributed by atoms with van der Waals surface area (Å²) in [6.07, 6.45) is 1.58. The first-order valence-electron chi connectivity index (χ1n) is 3.44. The van der Waals surface area contributed by atoms with Crippen LogP contribution in [-0.2, 0) is 0 Å². The van der Waals surface area contributed by atoms with E-state index in [1.807, 2.05) is 0 Å². The average molecular weight is 214 g/mol. The zero-order valence-corrected chi connectivity index (χ0v) is 7.89. The number of aromatic amines is 1. The molecule has 4 nitrogen and oxygen atoms in total. The molecule has 0 atom stereocenters. The highest BCUT2D eigenvalue weighted by Gasteiger charge is 2.03. The van der Waals surface area contributed by atoms with E-state index in [-0.39, 0.29) is 5.56 Å². The van der Waals surface area contributed by atoms with Gasteiger partial charge in [-0.25, -0.2) is 0 Å². The maximum Gasteiger partial charge on any atom is 0.247 e. The molecular weight excluding hydrogens is 210 g/mol. The lowest BCUT2D eigenvalue weighted by Crippen LogP contribution is -2.01. The van der Waals surface area contributed by atoms with E-state index in [0.29, 0.717) is 9.47 Å². The van der Waals surface area contributed by atoms with E-state index in [4.69, 9.17) is 11.6 Å². The van der Waals surface area contributed by atoms with Crippen molar-refractivity contribution in [1.82, 2.24) is 15.2 Å². The summed E-state index contributed by atoms with van der Waals surface area (Å²) in [6, 6.07) is 3.11. The van der Waals surface area contributed by atoms with Gasteiger partial charge in [-0.3, -0.25) is 4.79 Å². The van der Waals surface area contributed by atoms with Crippen molar-refractivity contribution in [3.05, 3.63) is 33.2 Å². The molecule has 0 unspecified atom stereocenters. The largest absolute Gasteiger partial charge is 0.328 e. The molecule has 0 amide bonds. The quantitative estimate of drug-likeness (QED) is 0.782. The first-order valence-corrected chi connectivity index (χ1v) is 4.63. The highest BCUT2D eigenvalue weighted by Crippen LogP contribution is 2.24. The molecule has 2 heterocycles. The van der Waals surface area contributed by atoms with Crippen LogP contribution in [0.4, 0.5) is 0 Å². The van der Waals surface area contributed by atoms with Crippen molar-refractivity contribution in [2.75, 3.05) is 0 Å². The Kier molecular flexibility index (Phi) is 2.12. The number of H-pyrrole nitrogens is 1. The summed E-state index contributed by atoms with van der Waals surface area (Å²) in [7, 11) is 0. The van der Waals surface area contributed by atoms with E-state index in [1.165, 1.54) is 17.4 Å². The molecule has 66 valence electrons. The summed E-state index contributed by atoms with van der Waals surface area (Å²) in [5.74, 6) is 0. The smallest absolute Gasteiger partial charge is 0.247 e. The minimum absolute atomic E-state index is 0.139. The van der Waals surface area contributed by atoms with Crippen molar-refractivity contribution in [2.45, 2.75) is 0 Å². The van der Waals surface area contributed by atoms with E-state index in [2.05, 4.69) is 15.2 Å². The molecule has 0 saturated heterocycles. The van der Waals surface area contributed by atoms with Crippen molar-refractivity contribution in [3.63, 3.8) is 0 Å². The fourth-order valence-electron chi connectivity index (χ4n) is 0.866. The van der Waals surface area contributed by atoms with Crippen LogP contribution in [0, 0.1) is 0 Å². The summed E-state index contributed by atoms with van der Waals surface area (Å²) in [4.78, 5) is 13.3. The molecule has 0 aliphatic carbocycles. The number of hydrogen-bond donors (Lipinski definition) is 1. The van der Waals surface area contributed by atoms with Gasteiger partial charge in [-0.2, -0.15) is 0 Å². The number of halogens is 1. The molecular formula is C7H4ClN3OS. The Hall–Kier alpha value is -1.20. The third kappa shape index (κ3) is 1.76. The molecule has 2 rings (SSSR count). The van der Waals surface area contributed by atoms with Gasteiger partial charge in [-0.1, -0.05) is 11.3 Å². The molecule has 0 bridgehead atoms. The van der Waals surface area contributed by atoms with Crippen LogP contribution in [0.25, 0.3) is 10.6 Å². The molecule has 0 aromatic carbocycles. The number of nitrogens with zero attached hydrogens (tertiary/aromatic N) is 2.